The van der Waals surface area contributed by atoms with Crippen molar-refractivity contribution in [1.29, 1.82) is 0 Å². The lowest BCUT2D eigenvalue weighted by molar-refractivity contribution is 0.0666. The largest absolute Gasteiger partial charge is 0.361 e. The zero-order valence-corrected chi connectivity index (χ0v) is 14.1. The van der Waals surface area contributed by atoms with Crippen LogP contribution in [0.25, 0.3) is 0 Å². The van der Waals surface area contributed by atoms with E-state index in [0.717, 1.165) is 16.8 Å². The van der Waals surface area contributed by atoms with Crippen LogP contribution in [0, 0.1) is 0 Å². The van der Waals surface area contributed by atoms with Gasteiger partial charge in [0.1, 0.15) is 6.17 Å². The SMILES string of the molecule is O=C1c2ccccc2NC(c2ccc(Cl)cc2)N1Cc1cccnc1. The van der Waals surface area contributed by atoms with E-state index in [1.807, 2.05) is 65.6 Å². The van der Waals surface area contributed by atoms with Gasteiger partial charge in [-0.05, 0) is 41.5 Å². The fourth-order valence-corrected chi connectivity index (χ4v) is 3.18. The van der Waals surface area contributed by atoms with Gasteiger partial charge in [-0.1, -0.05) is 41.9 Å². The van der Waals surface area contributed by atoms with Crippen molar-refractivity contribution in [2.24, 2.45) is 0 Å². The second kappa shape index (κ2) is 6.57. The molecule has 25 heavy (non-hydrogen) atoms. The molecule has 1 aliphatic heterocycles. The highest BCUT2D eigenvalue weighted by Crippen LogP contribution is 2.34. The summed E-state index contributed by atoms with van der Waals surface area (Å²) in [6, 6.07) is 19.0. The van der Waals surface area contributed by atoms with Crippen molar-refractivity contribution >= 4 is 23.2 Å². The molecule has 0 saturated carbocycles. The van der Waals surface area contributed by atoms with Crippen LogP contribution < -0.4 is 5.32 Å². The summed E-state index contributed by atoms with van der Waals surface area (Å²) >= 11 is 6.02. The molecule has 5 heteroatoms. The van der Waals surface area contributed by atoms with Gasteiger partial charge >= 0.3 is 0 Å². The molecular formula is C20H16ClN3O. The number of para-hydroxylation sites is 1. The highest BCUT2D eigenvalue weighted by atomic mass is 35.5. The van der Waals surface area contributed by atoms with Crippen LogP contribution in [-0.4, -0.2) is 15.8 Å². The van der Waals surface area contributed by atoms with E-state index in [2.05, 4.69) is 10.3 Å². The Morgan fingerprint density at radius 1 is 1.04 bits per heavy atom. The molecule has 0 radical (unpaired) electrons. The Kier molecular flexibility index (Phi) is 4.12. The summed E-state index contributed by atoms with van der Waals surface area (Å²) in [6.45, 7) is 0.474. The van der Waals surface area contributed by atoms with Gasteiger partial charge in [-0.3, -0.25) is 9.78 Å². The Morgan fingerprint density at radius 3 is 2.60 bits per heavy atom. The lowest BCUT2D eigenvalue weighted by Gasteiger charge is -2.38. The topological polar surface area (TPSA) is 45.2 Å². The van der Waals surface area contributed by atoms with Gasteiger partial charge in [-0.25, -0.2) is 0 Å². The number of pyridine rings is 1. The quantitative estimate of drug-likeness (QED) is 0.757. The average molecular weight is 350 g/mol. The molecule has 0 fully saturated rings. The standard InChI is InChI=1S/C20H16ClN3O/c21-16-9-7-15(8-10-16)19-23-18-6-2-1-5-17(18)20(25)24(19)13-14-4-3-11-22-12-14/h1-12,19,23H,13H2. The number of benzene rings is 2. The molecule has 3 aromatic rings. The van der Waals surface area contributed by atoms with Crippen molar-refractivity contribution < 1.29 is 4.79 Å². The van der Waals surface area contributed by atoms with Gasteiger partial charge < -0.3 is 10.2 Å². The molecule has 1 atom stereocenters. The Balaban J connectivity index is 1.75. The molecule has 0 bridgehead atoms. The number of aromatic nitrogens is 1. The van der Waals surface area contributed by atoms with Gasteiger partial charge in [0, 0.05) is 29.6 Å². The van der Waals surface area contributed by atoms with Crippen LogP contribution in [-0.2, 0) is 6.54 Å². The second-order valence-electron chi connectivity index (χ2n) is 5.94. The molecule has 124 valence electrons. The molecule has 1 aliphatic rings. The summed E-state index contributed by atoms with van der Waals surface area (Å²) in [6.07, 6.45) is 3.25. The first-order chi connectivity index (χ1) is 12.2. The molecule has 1 aromatic heterocycles. The number of fused-ring (bicyclic) bond motifs is 1. The third-order valence-electron chi connectivity index (χ3n) is 4.28. The minimum absolute atomic E-state index is 0.00171. The number of hydrogen-bond acceptors (Lipinski definition) is 3. The zero-order chi connectivity index (χ0) is 17.2. The fourth-order valence-electron chi connectivity index (χ4n) is 3.05. The van der Waals surface area contributed by atoms with Crippen LogP contribution in [0.3, 0.4) is 0 Å². The molecule has 0 spiro atoms. The van der Waals surface area contributed by atoms with E-state index in [9.17, 15) is 4.79 Å². The Bertz CT molecular complexity index is 896. The Labute approximate surface area is 151 Å². The first kappa shape index (κ1) is 15.7. The summed E-state index contributed by atoms with van der Waals surface area (Å²) in [5.41, 5.74) is 3.48. The van der Waals surface area contributed by atoms with Gasteiger partial charge in [0.2, 0.25) is 0 Å². The number of nitrogens with zero attached hydrogens (tertiary/aromatic N) is 2. The highest BCUT2D eigenvalue weighted by Gasteiger charge is 2.32. The van der Waals surface area contributed by atoms with Gasteiger partial charge in [-0.15, -0.1) is 0 Å². The Hall–Kier alpha value is -2.85. The molecule has 0 saturated heterocycles. The van der Waals surface area contributed by atoms with Crippen molar-refractivity contribution in [3.05, 3.63) is 94.8 Å². The maximum absolute atomic E-state index is 13.1. The first-order valence-electron chi connectivity index (χ1n) is 8.03. The monoisotopic (exact) mass is 349 g/mol. The third-order valence-corrected chi connectivity index (χ3v) is 4.54. The van der Waals surface area contributed by atoms with Crippen LogP contribution in [0.15, 0.2) is 73.1 Å². The summed E-state index contributed by atoms with van der Waals surface area (Å²) in [4.78, 5) is 19.1. The van der Waals surface area contributed by atoms with E-state index < -0.39 is 0 Å². The van der Waals surface area contributed by atoms with Crippen LogP contribution >= 0.6 is 11.6 Å². The number of carbonyl (C=O) groups is 1. The lowest BCUT2D eigenvalue weighted by atomic mass is 10.0. The van der Waals surface area contributed by atoms with Crippen molar-refractivity contribution in [3.63, 3.8) is 0 Å². The van der Waals surface area contributed by atoms with Crippen LogP contribution in [0.1, 0.15) is 27.7 Å². The maximum Gasteiger partial charge on any atom is 0.258 e. The number of amides is 1. The van der Waals surface area contributed by atoms with Crippen LogP contribution in [0.2, 0.25) is 5.02 Å². The van der Waals surface area contributed by atoms with E-state index in [0.29, 0.717) is 17.1 Å². The minimum Gasteiger partial charge on any atom is -0.361 e. The van der Waals surface area contributed by atoms with Gasteiger partial charge in [0.25, 0.3) is 5.91 Å². The van der Waals surface area contributed by atoms with Crippen molar-refractivity contribution in [3.8, 4) is 0 Å². The zero-order valence-electron chi connectivity index (χ0n) is 13.4. The number of rotatable bonds is 3. The van der Waals surface area contributed by atoms with Crippen molar-refractivity contribution in [2.75, 3.05) is 5.32 Å². The molecule has 4 nitrogen and oxygen atoms in total. The molecule has 1 unspecified atom stereocenters. The minimum atomic E-state index is -0.264. The Morgan fingerprint density at radius 2 is 1.84 bits per heavy atom. The third kappa shape index (κ3) is 3.08. The van der Waals surface area contributed by atoms with Crippen LogP contribution in [0.5, 0.6) is 0 Å². The van der Waals surface area contributed by atoms with Crippen molar-refractivity contribution in [1.82, 2.24) is 9.88 Å². The van der Waals surface area contributed by atoms with Gasteiger partial charge in [0.05, 0.1) is 5.56 Å². The summed E-state index contributed by atoms with van der Waals surface area (Å²) < 4.78 is 0. The van der Waals surface area contributed by atoms with E-state index in [1.54, 1.807) is 12.4 Å². The summed E-state index contributed by atoms with van der Waals surface area (Å²) in [7, 11) is 0. The molecule has 2 heterocycles. The first-order valence-corrected chi connectivity index (χ1v) is 8.41. The molecule has 1 N–H and O–H groups in total. The molecule has 1 amide bonds. The normalized spacial score (nSPS) is 16.3. The number of carbonyl (C=O) groups excluding carboxylic acids is 1. The second-order valence-corrected chi connectivity index (χ2v) is 6.37. The highest BCUT2D eigenvalue weighted by molar-refractivity contribution is 6.30. The van der Waals surface area contributed by atoms with E-state index in [4.69, 9.17) is 11.6 Å². The molecule has 0 aliphatic carbocycles. The van der Waals surface area contributed by atoms with Crippen molar-refractivity contribution in [2.45, 2.75) is 12.7 Å². The predicted octanol–water partition coefficient (Wildman–Crippen LogP) is 4.50. The predicted molar refractivity (Wildman–Crippen MR) is 98.4 cm³/mol. The molecule has 4 rings (SSSR count). The summed E-state index contributed by atoms with van der Waals surface area (Å²) in [5, 5.41) is 4.15. The lowest BCUT2D eigenvalue weighted by Crippen LogP contribution is -2.42. The van der Waals surface area contributed by atoms with E-state index >= 15 is 0 Å². The molecular weight excluding hydrogens is 334 g/mol. The smallest absolute Gasteiger partial charge is 0.258 e. The molecule has 2 aromatic carbocycles. The fraction of sp³-hybridized carbons (Fsp3) is 0.100. The van der Waals surface area contributed by atoms with E-state index in [-0.39, 0.29) is 12.1 Å². The van der Waals surface area contributed by atoms with Gasteiger partial charge in [0.15, 0.2) is 0 Å². The van der Waals surface area contributed by atoms with Crippen LogP contribution in [0.4, 0.5) is 5.69 Å². The average Bonchev–Trinajstić information content (AvgIpc) is 2.65. The number of nitrogens with one attached hydrogen (secondary N) is 1. The van der Waals surface area contributed by atoms with Gasteiger partial charge in [-0.2, -0.15) is 0 Å². The summed E-state index contributed by atoms with van der Waals surface area (Å²) in [5.74, 6) is -0.00171. The maximum atomic E-state index is 13.1. The number of halogens is 1. The number of hydrogen-bond donors (Lipinski definition) is 1. The van der Waals surface area contributed by atoms with E-state index in [1.165, 1.54) is 0 Å². The number of anilines is 1.